The van der Waals surface area contributed by atoms with Crippen molar-refractivity contribution >= 4 is 29.9 Å². The van der Waals surface area contributed by atoms with E-state index in [0.717, 1.165) is 44.6 Å². The molecule has 0 aliphatic rings. The first kappa shape index (κ1) is 23.9. The summed E-state index contributed by atoms with van der Waals surface area (Å²) in [6.07, 6.45) is 3.18. The molecule has 0 saturated heterocycles. The highest BCUT2D eigenvalue weighted by Gasteiger charge is 2.05. The van der Waals surface area contributed by atoms with Gasteiger partial charge in [-0.15, -0.1) is 24.0 Å². The van der Waals surface area contributed by atoms with Crippen LogP contribution >= 0.6 is 24.0 Å². The van der Waals surface area contributed by atoms with E-state index in [0.29, 0.717) is 19.1 Å². The Balaban J connectivity index is 0.00000576. The molecule has 5 nitrogen and oxygen atoms in total. The van der Waals surface area contributed by atoms with E-state index in [4.69, 9.17) is 9.47 Å². The largest absolute Gasteiger partial charge is 0.491 e. The van der Waals surface area contributed by atoms with Gasteiger partial charge in [0, 0.05) is 33.4 Å². The van der Waals surface area contributed by atoms with Crippen LogP contribution in [0.15, 0.2) is 23.2 Å². The van der Waals surface area contributed by atoms with E-state index in [1.807, 2.05) is 13.0 Å². The van der Waals surface area contributed by atoms with Crippen LogP contribution in [0.1, 0.15) is 38.7 Å². The van der Waals surface area contributed by atoms with Gasteiger partial charge in [-0.25, -0.2) is 4.39 Å². The summed E-state index contributed by atoms with van der Waals surface area (Å²) in [5.74, 6) is 0.632. The summed E-state index contributed by atoms with van der Waals surface area (Å²) >= 11 is 0. The van der Waals surface area contributed by atoms with Gasteiger partial charge in [0.05, 0.1) is 6.61 Å². The van der Waals surface area contributed by atoms with E-state index in [9.17, 15) is 4.39 Å². The van der Waals surface area contributed by atoms with E-state index in [1.54, 1.807) is 13.1 Å². The van der Waals surface area contributed by atoms with Crippen LogP contribution in [0.3, 0.4) is 0 Å². The minimum atomic E-state index is -0.344. The fourth-order valence-electron chi connectivity index (χ4n) is 2.06. The minimum absolute atomic E-state index is 0. The zero-order chi connectivity index (χ0) is 17.6. The zero-order valence-electron chi connectivity index (χ0n) is 15.4. The van der Waals surface area contributed by atoms with Crippen LogP contribution in [-0.2, 0) is 11.3 Å². The molecule has 0 saturated carbocycles. The smallest absolute Gasteiger partial charge is 0.191 e. The molecule has 25 heavy (non-hydrogen) atoms. The van der Waals surface area contributed by atoms with Gasteiger partial charge >= 0.3 is 0 Å². The molecule has 0 spiro atoms. The Hall–Kier alpha value is -1.09. The average Bonchev–Trinajstić information content (AvgIpc) is 2.59. The van der Waals surface area contributed by atoms with Crippen LogP contribution in [0.4, 0.5) is 4.39 Å². The third-order valence-corrected chi connectivity index (χ3v) is 3.38. The highest BCUT2D eigenvalue weighted by Crippen LogP contribution is 2.18. The number of aliphatic imine (C=N–C) groups is 1. The maximum atomic E-state index is 13.8. The lowest BCUT2D eigenvalue weighted by Crippen LogP contribution is -2.37. The van der Waals surface area contributed by atoms with Gasteiger partial charge in [0.25, 0.3) is 0 Å². The lowest BCUT2D eigenvalue weighted by molar-refractivity contribution is 0.129. The first-order valence-electron chi connectivity index (χ1n) is 8.64. The van der Waals surface area contributed by atoms with Crippen molar-refractivity contribution in [1.29, 1.82) is 0 Å². The summed E-state index contributed by atoms with van der Waals surface area (Å²) < 4.78 is 24.5. The van der Waals surface area contributed by atoms with Gasteiger partial charge in [-0.1, -0.05) is 19.4 Å². The molecule has 1 rings (SSSR count). The molecule has 0 amide bonds. The van der Waals surface area contributed by atoms with Crippen molar-refractivity contribution in [1.82, 2.24) is 10.6 Å². The fraction of sp³-hybridized carbons (Fsp3) is 0.611. The second-order valence-corrected chi connectivity index (χ2v) is 5.37. The van der Waals surface area contributed by atoms with Crippen LogP contribution in [0.2, 0.25) is 0 Å². The van der Waals surface area contributed by atoms with Crippen LogP contribution < -0.4 is 15.4 Å². The Kier molecular flexibility index (Phi) is 14.5. The number of benzene rings is 1. The Morgan fingerprint density at radius 3 is 2.56 bits per heavy atom. The Labute approximate surface area is 167 Å². The topological polar surface area (TPSA) is 54.9 Å². The summed E-state index contributed by atoms with van der Waals surface area (Å²) in [6.45, 7) is 7.28. The van der Waals surface area contributed by atoms with Crippen molar-refractivity contribution in [2.24, 2.45) is 4.99 Å². The number of nitrogens with one attached hydrogen (secondary N) is 2. The monoisotopic (exact) mass is 467 g/mol. The number of halogens is 2. The van der Waals surface area contributed by atoms with Gasteiger partial charge in [-0.05, 0) is 37.5 Å². The Bertz CT molecular complexity index is 501. The van der Waals surface area contributed by atoms with Crippen LogP contribution in [0.5, 0.6) is 5.75 Å². The maximum absolute atomic E-state index is 13.8. The van der Waals surface area contributed by atoms with E-state index < -0.39 is 0 Å². The van der Waals surface area contributed by atoms with Gasteiger partial charge in [-0.3, -0.25) is 4.99 Å². The van der Waals surface area contributed by atoms with Gasteiger partial charge < -0.3 is 20.1 Å². The van der Waals surface area contributed by atoms with Gasteiger partial charge in [-0.2, -0.15) is 0 Å². The first-order chi connectivity index (χ1) is 11.7. The fourth-order valence-corrected chi connectivity index (χ4v) is 2.06. The lowest BCUT2D eigenvalue weighted by atomic mass is 10.2. The first-order valence-corrected chi connectivity index (χ1v) is 8.64. The quantitative estimate of drug-likeness (QED) is 0.226. The second-order valence-electron chi connectivity index (χ2n) is 5.37. The second kappa shape index (κ2) is 15.2. The summed E-state index contributed by atoms with van der Waals surface area (Å²) in [5.41, 5.74) is 0.835. The predicted molar refractivity (Wildman–Crippen MR) is 112 cm³/mol. The molecule has 0 unspecified atom stereocenters. The molecule has 144 valence electrons. The molecule has 0 atom stereocenters. The molecule has 2 N–H and O–H groups in total. The van der Waals surface area contributed by atoms with E-state index >= 15 is 0 Å². The number of guanidine groups is 1. The van der Waals surface area contributed by atoms with Crippen LogP contribution in [0, 0.1) is 5.82 Å². The van der Waals surface area contributed by atoms with E-state index in [2.05, 4.69) is 22.5 Å². The average molecular weight is 467 g/mol. The van der Waals surface area contributed by atoms with Crippen molar-refractivity contribution < 1.29 is 13.9 Å². The molecule has 7 heteroatoms. The van der Waals surface area contributed by atoms with Gasteiger partial charge in [0.15, 0.2) is 17.5 Å². The molecule has 1 aromatic rings. The standard InChI is InChI=1S/C18H30FN3O2.HI/c1-4-6-11-23-12-7-10-21-18(20-3)22-14-15-8-9-17(24-5-2)16(19)13-15;/h8-9,13H,4-7,10-12,14H2,1-3H3,(H2,20,21,22);1H. The summed E-state index contributed by atoms with van der Waals surface area (Å²) in [4.78, 5) is 4.15. The van der Waals surface area contributed by atoms with Crippen LogP contribution in [-0.4, -0.2) is 39.4 Å². The number of hydrogen-bond acceptors (Lipinski definition) is 3. The van der Waals surface area contributed by atoms with Crippen molar-refractivity contribution in [3.63, 3.8) is 0 Å². The molecule has 0 aliphatic heterocycles. The third kappa shape index (κ3) is 10.5. The zero-order valence-corrected chi connectivity index (χ0v) is 17.8. The van der Waals surface area contributed by atoms with Crippen molar-refractivity contribution in [2.45, 2.75) is 39.7 Å². The maximum Gasteiger partial charge on any atom is 0.191 e. The van der Waals surface area contributed by atoms with E-state index in [1.165, 1.54) is 6.07 Å². The normalized spacial score (nSPS) is 11.0. The highest BCUT2D eigenvalue weighted by molar-refractivity contribution is 14.0. The number of nitrogens with zero attached hydrogens (tertiary/aromatic N) is 1. The molecule has 0 radical (unpaired) electrons. The number of unbranched alkanes of at least 4 members (excludes halogenated alkanes) is 1. The molecular weight excluding hydrogens is 436 g/mol. The highest BCUT2D eigenvalue weighted by atomic mass is 127. The molecular formula is C18H31FIN3O2. The Morgan fingerprint density at radius 1 is 1.16 bits per heavy atom. The summed E-state index contributed by atoms with van der Waals surface area (Å²) in [6, 6.07) is 4.97. The molecule has 0 bridgehead atoms. The van der Waals surface area contributed by atoms with Crippen LogP contribution in [0.25, 0.3) is 0 Å². The number of ether oxygens (including phenoxy) is 2. The van der Waals surface area contributed by atoms with Crippen molar-refractivity contribution in [3.05, 3.63) is 29.6 Å². The van der Waals surface area contributed by atoms with Crippen molar-refractivity contribution in [3.8, 4) is 5.75 Å². The van der Waals surface area contributed by atoms with Gasteiger partial charge in [0.1, 0.15) is 0 Å². The minimum Gasteiger partial charge on any atom is -0.491 e. The van der Waals surface area contributed by atoms with Crippen molar-refractivity contribution in [2.75, 3.05) is 33.4 Å². The van der Waals surface area contributed by atoms with E-state index in [-0.39, 0.29) is 35.5 Å². The molecule has 0 aliphatic carbocycles. The molecule has 0 heterocycles. The third-order valence-electron chi connectivity index (χ3n) is 3.38. The lowest BCUT2D eigenvalue weighted by Gasteiger charge is -2.13. The number of rotatable bonds is 11. The molecule has 1 aromatic carbocycles. The summed E-state index contributed by atoms with van der Waals surface area (Å²) in [5, 5.41) is 6.38. The molecule has 0 aromatic heterocycles. The number of hydrogen-bond donors (Lipinski definition) is 2. The summed E-state index contributed by atoms with van der Waals surface area (Å²) in [7, 11) is 1.71. The van der Waals surface area contributed by atoms with Gasteiger partial charge in [0.2, 0.25) is 0 Å². The molecule has 0 fully saturated rings. The SMILES string of the molecule is CCCCOCCCNC(=NC)NCc1ccc(OCC)c(F)c1.I. The Morgan fingerprint density at radius 2 is 1.92 bits per heavy atom. The predicted octanol–water partition coefficient (Wildman–Crippen LogP) is 3.71.